The van der Waals surface area contributed by atoms with Crippen LogP contribution in [-0.2, 0) is 4.79 Å². The van der Waals surface area contributed by atoms with E-state index >= 15 is 0 Å². The van der Waals surface area contributed by atoms with Crippen LogP contribution in [0.3, 0.4) is 0 Å². The molecular formula is C17H27N3O3. The summed E-state index contributed by atoms with van der Waals surface area (Å²) in [5.41, 5.74) is 0.602. The first kappa shape index (κ1) is 17.5. The van der Waals surface area contributed by atoms with Crippen LogP contribution in [0, 0.1) is 12.3 Å². The second-order valence-electron chi connectivity index (χ2n) is 6.75. The van der Waals surface area contributed by atoms with E-state index in [0.717, 1.165) is 18.5 Å². The molecule has 0 aromatic carbocycles. The molecule has 0 spiro atoms. The van der Waals surface area contributed by atoms with Gasteiger partial charge < -0.3 is 10.0 Å². The van der Waals surface area contributed by atoms with Gasteiger partial charge in [0, 0.05) is 18.8 Å². The van der Waals surface area contributed by atoms with Crippen molar-refractivity contribution in [2.45, 2.75) is 59.4 Å². The van der Waals surface area contributed by atoms with Crippen molar-refractivity contribution in [2.75, 3.05) is 13.1 Å². The molecule has 2 heterocycles. The molecule has 6 nitrogen and oxygen atoms in total. The molecule has 1 aromatic heterocycles. The molecule has 2 rings (SSSR count). The van der Waals surface area contributed by atoms with Gasteiger partial charge in [-0.25, -0.2) is 0 Å². The van der Waals surface area contributed by atoms with E-state index in [2.05, 4.69) is 18.9 Å². The maximum atomic E-state index is 12.8. The molecule has 0 saturated carbocycles. The number of carboxylic acids is 1. The van der Waals surface area contributed by atoms with E-state index in [0.29, 0.717) is 31.0 Å². The lowest BCUT2D eigenvalue weighted by Gasteiger charge is -2.37. The Morgan fingerprint density at radius 3 is 2.61 bits per heavy atom. The lowest BCUT2D eigenvalue weighted by Crippen LogP contribution is -2.48. The summed E-state index contributed by atoms with van der Waals surface area (Å²) in [6.45, 7) is 8.72. The van der Waals surface area contributed by atoms with Crippen molar-refractivity contribution in [3.05, 3.63) is 17.5 Å². The molecule has 23 heavy (non-hydrogen) atoms. The van der Waals surface area contributed by atoms with Crippen molar-refractivity contribution in [3.63, 3.8) is 0 Å². The Bertz CT molecular complexity index is 592. The van der Waals surface area contributed by atoms with Crippen LogP contribution in [-0.4, -0.2) is 44.8 Å². The van der Waals surface area contributed by atoms with Gasteiger partial charge in [0.1, 0.15) is 0 Å². The number of likely N-dealkylation sites (tertiary alicyclic amines) is 1. The molecule has 1 N–H and O–H groups in total. The van der Waals surface area contributed by atoms with Crippen LogP contribution in [0.1, 0.15) is 68.5 Å². The highest BCUT2D eigenvalue weighted by atomic mass is 16.4. The Labute approximate surface area is 137 Å². The third-order valence-corrected chi connectivity index (χ3v) is 5.06. The smallest absolute Gasteiger partial charge is 0.311 e. The molecule has 1 aliphatic rings. The number of aliphatic carboxylic acids is 1. The molecule has 1 atom stereocenters. The molecule has 1 fully saturated rings. The van der Waals surface area contributed by atoms with E-state index in [1.54, 1.807) is 18.0 Å². The summed E-state index contributed by atoms with van der Waals surface area (Å²) in [4.78, 5) is 26.0. The fraction of sp³-hybridized carbons (Fsp3) is 0.706. The molecule has 1 saturated heterocycles. The van der Waals surface area contributed by atoms with Crippen molar-refractivity contribution < 1.29 is 14.7 Å². The summed E-state index contributed by atoms with van der Waals surface area (Å²) in [5, 5.41) is 13.8. The molecule has 0 aliphatic carbocycles. The number of aromatic nitrogens is 2. The van der Waals surface area contributed by atoms with Gasteiger partial charge in [0.2, 0.25) is 0 Å². The topological polar surface area (TPSA) is 75.4 Å². The number of carbonyl (C=O) groups excluding carboxylic acids is 1. The average molecular weight is 321 g/mol. The first-order valence-corrected chi connectivity index (χ1v) is 8.40. The minimum absolute atomic E-state index is 0.105. The number of piperidine rings is 1. The lowest BCUT2D eigenvalue weighted by atomic mass is 9.82. The van der Waals surface area contributed by atoms with Gasteiger partial charge in [-0.3, -0.25) is 14.3 Å². The predicted octanol–water partition coefficient (Wildman–Crippen LogP) is 2.88. The summed E-state index contributed by atoms with van der Waals surface area (Å²) in [7, 11) is 0. The first-order valence-electron chi connectivity index (χ1n) is 8.40. The summed E-state index contributed by atoms with van der Waals surface area (Å²) in [6.07, 6.45) is 4.88. The minimum atomic E-state index is -0.854. The van der Waals surface area contributed by atoms with Crippen molar-refractivity contribution in [1.82, 2.24) is 14.7 Å². The zero-order valence-electron chi connectivity index (χ0n) is 14.5. The maximum Gasteiger partial charge on any atom is 0.311 e. The number of carbonyl (C=O) groups is 2. The standard InChI is InChI=1S/C17H27N3O3/c1-5-13(6-2)20-12(3)14(10-18-20)15(21)19-9-7-8-17(4,11-19)16(22)23/h10,13H,5-9,11H2,1-4H3,(H,22,23). The number of hydrogen-bond donors (Lipinski definition) is 1. The van der Waals surface area contributed by atoms with Crippen LogP contribution in [0.4, 0.5) is 0 Å². The number of rotatable bonds is 5. The third kappa shape index (κ3) is 3.26. The second kappa shape index (κ2) is 6.72. The maximum absolute atomic E-state index is 12.8. The number of nitrogens with zero attached hydrogens (tertiary/aromatic N) is 3. The highest BCUT2D eigenvalue weighted by Crippen LogP contribution is 2.31. The molecule has 1 unspecified atom stereocenters. The fourth-order valence-corrected chi connectivity index (χ4v) is 3.39. The second-order valence-corrected chi connectivity index (χ2v) is 6.75. The molecular weight excluding hydrogens is 294 g/mol. The van der Waals surface area contributed by atoms with Crippen LogP contribution in [0.5, 0.6) is 0 Å². The Morgan fingerprint density at radius 1 is 1.39 bits per heavy atom. The van der Waals surface area contributed by atoms with E-state index in [1.165, 1.54) is 0 Å². The molecule has 1 amide bonds. The van der Waals surface area contributed by atoms with Gasteiger partial charge in [0.05, 0.1) is 23.2 Å². The normalized spacial score (nSPS) is 21.7. The van der Waals surface area contributed by atoms with Crippen LogP contribution in [0.2, 0.25) is 0 Å². The van der Waals surface area contributed by atoms with Gasteiger partial charge in [-0.05, 0) is 39.5 Å². The van der Waals surface area contributed by atoms with Crippen molar-refractivity contribution in [2.24, 2.45) is 5.41 Å². The van der Waals surface area contributed by atoms with E-state index in [1.807, 2.05) is 11.6 Å². The van der Waals surface area contributed by atoms with E-state index in [9.17, 15) is 14.7 Å². The largest absolute Gasteiger partial charge is 0.481 e. The third-order valence-electron chi connectivity index (χ3n) is 5.06. The van der Waals surface area contributed by atoms with Gasteiger partial charge in [0.25, 0.3) is 5.91 Å². The minimum Gasteiger partial charge on any atom is -0.481 e. The first-order chi connectivity index (χ1) is 10.8. The molecule has 1 aromatic rings. The van der Waals surface area contributed by atoms with Gasteiger partial charge in [-0.1, -0.05) is 13.8 Å². The van der Waals surface area contributed by atoms with Crippen LogP contribution >= 0.6 is 0 Å². The summed E-state index contributed by atoms with van der Waals surface area (Å²) >= 11 is 0. The zero-order valence-corrected chi connectivity index (χ0v) is 14.5. The molecule has 1 aliphatic heterocycles. The zero-order chi connectivity index (χ0) is 17.2. The van der Waals surface area contributed by atoms with Crippen molar-refractivity contribution in [3.8, 4) is 0 Å². The summed E-state index contributed by atoms with van der Waals surface area (Å²) in [6, 6.07) is 0.294. The van der Waals surface area contributed by atoms with Crippen molar-refractivity contribution >= 4 is 11.9 Å². The van der Waals surface area contributed by atoms with Gasteiger partial charge in [0.15, 0.2) is 0 Å². The highest BCUT2D eigenvalue weighted by molar-refractivity contribution is 5.95. The Balaban J connectivity index is 2.22. The number of carboxylic acid groups (broad SMARTS) is 1. The Kier molecular flexibility index (Phi) is 5.12. The molecule has 0 bridgehead atoms. The summed E-state index contributed by atoms with van der Waals surface area (Å²) < 4.78 is 1.92. The highest BCUT2D eigenvalue weighted by Gasteiger charge is 2.40. The fourth-order valence-electron chi connectivity index (χ4n) is 3.39. The van der Waals surface area contributed by atoms with Crippen LogP contribution in [0.25, 0.3) is 0 Å². The van der Waals surface area contributed by atoms with Gasteiger partial charge in [-0.15, -0.1) is 0 Å². The Hall–Kier alpha value is -1.85. The monoisotopic (exact) mass is 321 g/mol. The lowest BCUT2D eigenvalue weighted by molar-refractivity contribution is -0.150. The van der Waals surface area contributed by atoms with Crippen LogP contribution in [0.15, 0.2) is 6.20 Å². The van der Waals surface area contributed by atoms with E-state index in [4.69, 9.17) is 0 Å². The average Bonchev–Trinajstić information content (AvgIpc) is 2.90. The molecule has 0 radical (unpaired) electrons. The van der Waals surface area contributed by atoms with Crippen LogP contribution < -0.4 is 0 Å². The van der Waals surface area contributed by atoms with Gasteiger partial charge >= 0.3 is 5.97 Å². The molecule has 128 valence electrons. The van der Waals surface area contributed by atoms with Crippen molar-refractivity contribution in [1.29, 1.82) is 0 Å². The summed E-state index contributed by atoms with van der Waals surface area (Å²) in [5.74, 6) is -0.939. The number of hydrogen-bond acceptors (Lipinski definition) is 3. The molecule has 6 heteroatoms. The quantitative estimate of drug-likeness (QED) is 0.905. The van der Waals surface area contributed by atoms with E-state index in [-0.39, 0.29) is 12.5 Å². The Morgan fingerprint density at radius 2 is 2.04 bits per heavy atom. The number of amides is 1. The predicted molar refractivity (Wildman–Crippen MR) is 87.5 cm³/mol. The SMILES string of the molecule is CCC(CC)n1ncc(C(=O)N2CCCC(C)(C(=O)O)C2)c1C. The van der Waals surface area contributed by atoms with Gasteiger partial charge in [-0.2, -0.15) is 5.10 Å². The van der Waals surface area contributed by atoms with E-state index < -0.39 is 11.4 Å².